The minimum Gasteiger partial charge on any atom is -0.496 e. The van der Waals surface area contributed by atoms with Crippen molar-refractivity contribution in [2.45, 2.75) is 51.9 Å². The van der Waals surface area contributed by atoms with E-state index in [4.69, 9.17) is 14.5 Å². The van der Waals surface area contributed by atoms with E-state index in [0.717, 1.165) is 72.3 Å². The summed E-state index contributed by atoms with van der Waals surface area (Å²) in [7, 11) is 3.35. The quantitative estimate of drug-likeness (QED) is 0.679. The van der Waals surface area contributed by atoms with E-state index in [1.807, 2.05) is 17.0 Å². The normalized spacial score (nSPS) is 17.8. The maximum Gasteiger partial charge on any atom is 0.222 e. The fourth-order valence-corrected chi connectivity index (χ4v) is 5.10. The van der Waals surface area contributed by atoms with Crippen molar-refractivity contribution in [3.05, 3.63) is 23.8 Å². The number of methoxy groups -OCH3 is 2. The molecule has 0 atom stereocenters. The number of nitrogens with zero attached hydrogens (tertiary/aromatic N) is 3. The highest BCUT2D eigenvalue weighted by molar-refractivity contribution is 5.94. The Bertz CT molecular complexity index is 916. The summed E-state index contributed by atoms with van der Waals surface area (Å²) in [6, 6.07) is 5.94. The molecular formula is C25H35N3O3. The van der Waals surface area contributed by atoms with Gasteiger partial charge in [-0.3, -0.25) is 4.79 Å². The first-order valence-corrected chi connectivity index (χ1v) is 11.7. The third kappa shape index (κ3) is 4.73. The highest BCUT2D eigenvalue weighted by Crippen LogP contribution is 2.36. The zero-order valence-electron chi connectivity index (χ0n) is 19.2. The Morgan fingerprint density at radius 1 is 1.03 bits per heavy atom. The second-order valence-electron chi connectivity index (χ2n) is 8.90. The van der Waals surface area contributed by atoms with Crippen molar-refractivity contribution in [1.29, 1.82) is 0 Å². The molecule has 1 aromatic carbocycles. The molecule has 31 heavy (non-hydrogen) atoms. The number of anilines is 1. The molecule has 1 saturated carbocycles. The minimum atomic E-state index is 0.319. The molecule has 2 fully saturated rings. The molecule has 1 aliphatic carbocycles. The van der Waals surface area contributed by atoms with E-state index in [2.05, 4.69) is 17.9 Å². The van der Waals surface area contributed by atoms with Gasteiger partial charge in [-0.2, -0.15) is 0 Å². The van der Waals surface area contributed by atoms with Crippen LogP contribution in [0.25, 0.3) is 10.9 Å². The van der Waals surface area contributed by atoms with E-state index in [0.29, 0.717) is 12.3 Å². The van der Waals surface area contributed by atoms with Crippen LogP contribution in [0.3, 0.4) is 0 Å². The van der Waals surface area contributed by atoms with Gasteiger partial charge in [-0.05, 0) is 43.0 Å². The number of pyridine rings is 1. The number of rotatable bonds is 6. The molecule has 168 valence electrons. The first-order valence-electron chi connectivity index (χ1n) is 11.7. The molecule has 0 bridgehead atoms. The third-order valence-corrected chi connectivity index (χ3v) is 6.96. The average Bonchev–Trinajstić information content (AvgIpc) is 2.82. The molecular weight excluding hydrogens is 390 g/mol. The first kappa shape index (κ1) is 21.7. The Morgan fingerprint density at radius 3 is 2.39 bits per heavy atom. The van der Waals surface area contributed by atoms with Crippen molar-refractivity contribution in [3.63, 3.8) is 0 Å². The van der Waals surface area contributed by atoms with E-state index in [9.17, 15) is 4.79 Å². The summed E-state index contributed by atoms with van der Waals surface area (Å²) in [5, 5.41) is 0.988. The molecule has 1 saturated heterocycles. The fourth-order valence-electron chi connectivity index (χ4n) is 5.10. The van der Waals surface area contributed by atoms with Crippen LogP contribution in [0, 0.1) is 12.8 Å². The predicted molar refractivity (Wildman–Crippen MR) is 124 cm³/mol. The highest BCUT2D eigenvalue weighted by Gasteiger charge is 2.24. The van der Waals surface area contributed by atoms with Crippen LogP contribution < -0.4 is 14.4 Å². The molecule has 0 N–H and O–H groups in total. The predicted octanol–water partition coefficient (Wildman–Crippen LogP) is 4.57. The van der Waals surface area contributed by atoms with E-state index in [1.165, 1.54) is 32.1 Å². The van der Waals surface area contributed by atoms with Gasteiger partial charge in [-0.25, -0.2) is 4.98 Å². The Hall–Kier alpha value is -2.50. The number of fused-ring (bicyclic) bond motifs is 1. The van der Waals surface area contributed by atoms with Crippen LogP contribution in [-0.2, 0) is 4.79 Å². The van der Waals surface area contributed by atoms with E-state index in [1.54, 1.807) is 14.2 Å². The van der Waals surface area contributed by atoms with Crippen molar-refractivity contribution in [3.8, 4) is 11.5 Å². The summed E-state index contributed by atoms with van der Waals surface area (Å²) in [6.07, 6.45) is 8.43. The SMILES string of the molecule is COc1ccc(OC)c2c(C)cc(N3CCN(C(=O)CCC4CCCCC4)CC3)nc12. The zero-order chi connectivity index (χ0) is 21.8. The number of hydrogen-bond acceptors (Lipinski definition) is 5. The molecule has 6 heteroatoms. The lowest BCUT2D eigenvalue weighted by molar-refractivity contribution is -0.131. The topological polar surface area (TPSA) is 54.9 Å². The Balaban J connectivity index is 1.42. The molecule has 2 aliphatic rings. The second-order valence-corrected chi connectivity index (χ2v) is 8.90. The van der Waals surface area contributed by atoms with Crippen molar-refractivity contribution in [2.24, 2.45) is 5.92 Å². The Morgan fingerprint density at radius 2 is 1.71 bits per heavy atom. The lowest BCUT2D eigenvalue weighted by Crippen LogP contribution is -2.49. The largest absolute Gasteiger partial charge is 0.496 e. The number of benzene rings is 1. The van der Waals surface area contributed by atoms with E-state index >= 15 is 0 Å². The summed E-state index contributed by atoms with van der Waals surface area (Å²) < 4.78 is 11.1. The fraction of sp³-hybridized carbons (Fsp3) is 0.600. The monoisotopic (exact) mass is 425 g/mol. The van der Waals surface area contributed by atoms with Gasteiger partial charge in [0, 0.05) is 38.0 Å². The smallest absolute Gasteiger partial charge is 0.222 e. The van der Waals surface area contributed by atoms with Crippen LogP contribution in [-0.4, -0.2) is 56.2 Å². The van der Waals surface area contributed by atoms with Gasteiger partial charge in [0.25, 0.3) is 0 Å². The molecule has 1 aromatic heterocycles. The summed E-state index contributed by atoms with van der Waals surface area (Å²) in [5.74, 6) is 3.57. The summed E-state index contributed by atoms with van der Waals surface area (Å²) in [4.78, 5) is 22.0. The van der Waals surface area contributed by atoms with E-state index < -0.39 is 0 Å². The number of ether oxygens (including phenoxy) is 2. The van der Waals surface area contributed by atoms with Crippen molar-refractivity contribution in [1.82, 2.24) is 9.88 Å². The maximum atomic E-state index is 12.7. The lowest BCUT2D eigenvalue weighted by Gasteiger charge is -2.36. The number of hydrogen-bond donors (Lipinski definition) is 0. The molecule has 6 nitrogen and oxygen atoms in total. The van der Waals surface area contributed by atoms with Crippen LogP contribution in [0.2, 0.25) is 0 Å². The van der Waals surface area contributed by atoms with Crippen LogP contribution in [0.1, 0.15) is 50.5 Å². The van der Waals surface area contributed by atoms with Gasteiger partial charge >= 0.3 is 0 Å². The summed E-state index contributed by atoms with van der Waals surface area (Å²) in [6.45, 7) is 5.22. The Kier molecular flexibility index (Phi) is 6.83. The molecule has 2 aromatic rings. The van der Waals surface area contributed by atoms with Gasteiger partial charge < -0.3 is 19.3 Å². The Labute approximate surface area is 185 Å². The van der Waals surface area contributed by atoms with Gasteiger partial charge in [0.05, 0.1) is 14.2 Å². The molecule has 4 rings (SSSR count). The number of aromatic nitrogens is 1. The van der Waals surface area contributed by atoms with Crippen molar-refractivity contribution < 1.29 is 14.3 Å². The third-order valence-electron chi connectivity index (χ3n) is 6.96. The standard InChI is InChI=1S/C25H35N3O3/c1-18-17-22(26-25-21(31-3)11-10-20(30-2)24(18)25)27-13-15-28(16-14-27)23(29)12-9-19-7-5-4-6-8-19/h10-11,17,19H,4-9,12-16H2,1-3H3. The minimum absolute atomic E-state index is 0.319. The van der Waals surface area contributed by atoms with Gasteiger partial charge in [0.2, 0.25) is 5.91 Å². The zero-order valence-corrected chi connectivity index (χ0v) is 19.2. The molecule has 0 spiro atoms. The molecule has 2 heterocycles. The highest BCUT2D eigenvalue weighted by atomic mass is 16.5. The molecule has 0 radical (unpaired) electrons. The molecule has 0 unspecified atom stereocenters. The second kappa shape index (κ2) is 9.75. The first-order chi connectivity index (χ1) is 15.1. The summed E-state index contributed by atoms with van der Waals surface area (Å²) in [5.41, 5.74) is 1.93. The molecule has 1 aliphatic heterocycles. The number of carbonyl (C=O) groups excluding carboxylic acids is 1. The van der Waals surface area contributed by atoms with Gasteiger partial charge in [-0.1, -0.05) is 32.1 Å². The number of carbonyl (C=O) groups is 1. The molecule has 1 amide bonds. The van der Waals surface area contributed by atoms with Crippen LogP contribution in [0.15, 0.2) is 18.2 Å². The van der Waals surface area contributed by atoms with Gasteiger partial charge in [-0.15, -0.1) is 0 Å². The maximum absolute atomic E-state index is 12.7. The number of amides is 1. The van der Waals surface area contributed by atoms with Crippen molar-refractivity contribution in [2.75, 3.05) is 45.3 Å². The average molecular weight is 426 g/mol. The van der Waals surface area contributed by atoms with Crippen LogP contribution in [0.5, 0.6) is 11.5 Å². The summed E-state index contributed by atoms with van der Waals surface area (Å²) >= 11 is 0. The van der Waals surface area contributed by atoms with Crippen molar-refractivity contribution >= 4 is 22.6 Å². The van der Waals surface area contributed by atoms with Gasteiger partial charge in [0.15, 0.2) is 0 Å². The van der Waals surface area contributed by atoms with E-state index in [-0.39, 0.29) is 0 Å². The number of aryl methyl sites for hydroxylation is 1. The van der Waals surface area contributed by atoms with Gasteiger partial charge in [0.1, 0.15) is 22.8 Å². The van der Waals surface area contributed by atoms with Crippen LogP contribution in [0.4, 0.5) is 5.82 Å². The number of piperazine rings is 1. The lowest BCUT2D eigenvalue weighted by atomic mass is 9.86. The van der Waals surface area contributed by atoms with Crippen LogP contribution >= 0.6 is 0 Å².